The molecule has 1 fully saturated rings. The van der Waals surface area contributed by atoms with Gasteiger partial charge in [0, 0.05) is 24.4 Å². The molecule has 0 aromatic heterocycles. The molecule has 0 spiro atoms. The van der Waals surface area contributed by atoms with Gasteiger partial charge >= 0.3 is 6.18 Å². The molecule has 3 rings (SSSR count). The first-order chi connectivity index (χ1) is 15.2. The molecule has 3 N–H and O–H groups in total. The molecule has 1 heterocycles. The fraction of sp³-hybridized carbons (Fsp3) is 0.364. The highest BCUT2D eigenvalue weighted by molar-refractivity contribution is 5.98. The molecule has 2 aromatic rings. The van der Waals surface area contributed by atoms with E-state index >= 15 is 0 Å². The molecule has 0 aliphatic carbocycles. The summed E-state index contributed by atoms with van der Waals surface area (Å²) in [6, 6.07) is 10.4. The smallest absolute Gasteiger partial charge is 0.416 e. The summed E-state index contributed by atoms with van der Waals surface area (Å²) in [5.41, 5.74) is -0.0674. The molecule has 2 amide bonds. The number of aliphatic hydroxyl groups excluding tert-OH is 1. The Labute approximate surface area is 182 Å². The van der Waals surface area contributed by atoms with E-state index in [0.717, 1.165) is 30.7 Å². The number of hydrogen-bond donors (Lipinski definition) is 3. The Kier molecular flexibility index (Phi) is 7.70. The van der Waals surface area contributed by atoms with Crippen molar-refractivity contribution in [3.05, 3.63) is 59.7 Å². The predicted octanol–water partition coefficient (Wildman–Crippen LogP) is 2.99. The molecule has 1 aliphatic rings. The van der Waals surface area contributed by atoms with Crippen molar-refractivity contribution >= 4 is 17.5 Å². The van der Waals surface area contributed by atoms with E-state index < -0.39 is 29.9 Å². The van der Waals surface area contributed by atoms with Crippen LogP contribution >= 0.6 is 0 Å². The van der Waals surface area contributed by atoms with E-state index in [1.807, 2.05) is 0 Å². The van der Waals surface area contributed by atoms with Gasteiger partial charge in [-0.05, 0) is 55.3 Å². The van der Waals surface area contributed by atoms with Gasteiger partial charge in [0.25, 0.3) is 11.8 Å². The fourth-order valence-corrected chi connectivity index (χ4v) is 3.05. The average molecular weight is 452 g/mol. The second kappa shape index (κ2) is 10.5. The number of amides is 2. The lowest BCUT2D eigenvalue weighted by atomic mass is 10.1. The largest absolute Gasteiger partial charge is 0.491 e. The lowest BCUT2D eigenvalue weighted by molar-refractivity contribution is -0.137. The lowest BCUT2D eigenvalue weighted by Gasteiger charge is -2.14. The Morgan fingerprint density at radius 1 is 1.19 bits per heavy atom. The molecule has 0 saturated carbocycles. The van der Waals surface area contributed by atoms with Gasteiger partial charge in [0.2, 0.25) is 0 Å². The molecule has 32 heavy (non-hydrogen) atoms. The average Bonchev–Trinajstić information content (AvgIpc) is 3.31. The third-order valence-corrected chi connectivity index (χ3v) is 4.74. The first-order valence-electron chi connectivity index (χ1n) is 10.0. The molecule has 0 bridgehead atoms. The highest BCUT2D eigenvalue weighted by atomic mass is 19.4. The van der Waals surface area contributed by atoms with Crippen LogP contribution in [-0.4, -0.2) is 48.9 Å². The topological polar surface area (TPSA) is 96.9 Å². The van der Waals surface area contributed by atoms with Gasteiger partial charge in [-0.3, -0.25) is 9.59 Å². The van der Waals surface area contributed by atoms with Crippen molar-refractivity contribution in [3.8, 4) is 5.75 Å². The maximum absolute atomic E-state index is 12.6. The molecule has 7 nitrogen and oxygen atoms in total. The maximum Gasteiger partial charge on any atom is 0.416 e. The maximum atomic E-state index is 12.6. The van der Waals surface area contributed by atoms with Crippen LogP contribution in [-0.2, 0) is 15.7 Å². The number of hydrogen-bond acceptors (Lipinski definition) is 5. The first kappa shape index (κ1) is 23.6. The van der Waals surface area contributed by atoms with Gasteiger partial charge in [0.05, 0.1) is 5.56 Å². The van der Waals surface area contributed by atoms with Gasteiger partial charge in [-0.25, -0.2) is 0 Å². The summed E-state index contributed by atoms with van der Waals surface area (Å²) in [6.07, 6.45) is -4.53. The van der Waals surface area contributed by atoms with Crippen LogP contribution in [0.4, 0.5) is 18.9 Å². The summed E-state index contributed by atoms with van der Waals surface area (Å²) in [5.74, 6) is -0.569. The Bertz CT molecular complexity index is 928. The van der Waals surface area contributed by atoms with Crippen LogP contribution in [0.15, 0.2) is 48.5 Å². The summed E-state index contributed by atoms with van der Waals surface area (Å²) in [4.78, 5) is 24.5. The molecule has 2 aromatic carbocycles. The van der Waals surface area contributed by atoms with E-state index in [2.05, 4.69) is 10.6 Å². The Morgan fingerprint density at radius 3 is 2.59 bits per heavy atom. The number of halogens is 3. The number of nitrogens with one attached hydrogen (secondary N) is 2. The number of anilines is 1. The Morgan fingerprint density at radius 2 is 1.94 bits per heavy atom. The molecule has 0 radical (unpaired) electrons. The van der Waals surface area contributed by atoms with E-state index in [-0.39, 0.29) is 30.4 Å². The number of ether oxygens (including phenoxy) is 2. The third-order valence-electron chi connectivity index (χ3n) is 4.74. The number of benzene rings is 2. The quantitative estimate of drug-likeness (QED) is 0.572. The first-order valence-corrected chi connectivity index (χ1v) is 10.0. The SMILES string of the molecule is O=C(NCC(O)COc1ccc(C(F)(F)F)cc1)c1cccc(NC(=O)C2CCCO2)c1. The Hall–Kier alpha value is -3.11. The van der Waals surface area contributed by atoms with Crippen molar-refractivity contribution in [1.29, 1.82) is 0 Å². The normalized spacial score (nSPS) is 16.9. The van der Waals surface area contributed by atoms with E-state index in [9.17, 15) is 27.9 Å². The zero-order valence-corrected chi connectivity index (χ0v) is 17.0. The zero-order chi connectivity index (χ0) is 23.1. The Balaban J connectivity index is 1.45. The van der Waals surface area contributed by atoms with Gasteiger partial charge < -0.3 is 25.2 Å². The minimum absolute atomic E-state index is 0.133. The fourth-order valence-electron chi connectivity index (χ4n) is 3.05. The van der Waals surface area contributed by atoms with Crippen molar-refractivity contribution in [2.45, 2.75) is 31.2 Å². The van der Waals surface area contributed by atoms with Crippen LogP contribution in [0.5, 0.6) is 5.75 Å². The molecule has 2 unspecified atom stereocenters. The minimum Gasteiger partial charge on any atom is -0.491 e. The highest BCUT2D eigenvalue weighted by Crippen LogP contribution is 2.30. The monoisotopic (exact) mass is 452 g/mol. The van der Waals surface area contributed by atoms with Gasteiger partial charge in [-0.15, -0.1) is 0 Å². The van der Waals surface area contributed by atoms with Crippen LogP contribution in [0.2, 0.25) is 0 Å². The predicted molar refractivity (Wildman–Crippen MR) is 109 cm³/mol. The molecule has 172 valence electrons. The number of aliphatic hydroxyl groups is 1. The molecule has 2 atom stereocenters. The van der Waals surface area contributed by atoms with Gasteiger partial charge in [0.1, 0.15) is 24.6 Å². The minimum atomic E-state index is -4.44. The summed E-state index contributed by atoms with van der Waals surface area (Å²) < 4.78 is 48.3. The van der Waals surface area contributed by atoms with Crippen molar-refractivity contribution in [1.82, 2.24) is 5.32 Å². The van der Waals surface area contributed by atoms with Gasteiger partial charge in [0.15, 0.2) is 0 Å². The second-order valence-corrected chi connectivity index (χ2v) is 7.27. The molecule has 1 aliphatic heterocycles. The van der Waals surface area contributed by atoms with Gasteiger partial charge in [-0.2, -0.15) is 13.2 Å². The zero-order valence-electron chi connectivity index (χ0n) is 17.0. The van der Waals surface area contributed by atoms with Crippen LogP contribution in [0.25, 0.3) is 0 Å². The van der Waals surface area contributed by atoms with E-state index in [1.54, 1.807) is 18.2 Å². The van der Waals surface area contributed by atoms with Crippen molar-refractivity contribution in [3.63, 3.8) is 0 Å². The summed E-state index contributed by atoms with van der Waals surface area (Å²) in [7, 11) is 0. The van der Waals surface area contributed by atoms with Crippen LogP contribution in [0.1, 0.15) is 28.8 Å². The number of carbonyl (C=O) groups is 2. The van der Waals surface area contributed by atoms with Crippen molar-refractivity contribution < 1.29 is 37.3 Å². The second-order valence-electron chi connectivity index (χ2n) is 7.27. The van der Waals surface area contributed by atoms with Crippen LogP contribution in [0.3, 0.4) is 0 Å². The summed E-state index contributed by atoms with van der Waals surface area (Å²) in [5, 5.41) is 15.3. The molecular weight excluding hydrogens is 429 g/mol. The third kappa shape index (κ3) is 6.69. The van der Waals surface area contributed by atoms with Gasteiger partial charge in [-0.1, -0.05) is 6.07 Å². The van der Waals surface area contributed by atoms with E-state index in [4.69, 9.17) is 9.47 Å². The van der Waals surface area contributed by atoms with Crippen LogP contribution < -0.4 is 15.4 Å². The molecular formula is C22H23F3N2O5. The number of alkyl halides is 3. The van der Waals surface area contributed by atoms with Crippen molar-refractivity contribution in [2.24, 2.45) is 0 Å². The summed E-state index contributed by atoms with van der Waals surface area (Å²) >= 11 is 0. The highest BCUT2D eigenvalue weighted by Gasteiger charge is 2.30. The molecule has 10 heteroatoms. The summed E-state index contributed by atoms with van der Waals surface area (Å²) in [6.45, 7) is 0.195. The van der Waals surface area contributed by atoms with E-state index in [0.29, 0.717) is 18.7 Å². The molecule has 1 saturated heterocycles. The van der Waals surface area contributed by atoms with Crippen LogP contribution in [0, 0.1) is 0 Å². The number of carbonyl (C=O) groups excluding carboxylic acids is 2. The lowest BCUT2D eigenvalue weighted by Crippen LogP contribution is -2.35. The number of rotatable bonds is 8. The van der Waals surface area contributed by atoms with Crippen molar-refractivity contribution in [2.75, 3.05) is 25.1 Å². The van der Waals surface area contributed by atoms with E-state index in [1.165, 1.54) is 6.07 Å². The standard InChI is InChI=1S/C22H23F3N2O5/c23-22(24,25)15-6-8-18(9-7-15)32-13-17(28)12-26-20(29)14-3-1-4-16(11-14)27-21(30)19-5-2-10-31-19/h1,3-4,6-9,11,17,19,28H,2,5,10,12-13H2,(H,26,29)(H,27,30).